The van der Waals surface area contributed by atoms with Gasteiger partial charge in [-0.15, -0.1) is 0 Å². The first kappa shape index (κ1) is 26.2. The number of carbonyl (C=O) groups is 1. The second-order valence-corrected chi connectivity index (χ2v) is 14.3. The number of rotatable bonds is 18. The van der Waals surface area contributed by atoms with E-state index in [1.807, 2.05) is 6.26 Å². The maximum Gasteiger partial charge on any atom is 0.131 e. The number of hydrogen-bond donors (Lipinski definition) is 0. The molecule has 0 aliphatic rings. The van der Waals surface area contributed by atoms with Crippen LogP contribution in [0.3, 0.4) is 0 Å². The zero-order valence-corrected chi connectivity index (χ0v) is 21.2. The number of carbonyl (C=O) groups excluding carboxylic acids is 1. The Bertz CT molecular complexity index is 536. The van der Waals surface area contributed by atoms with E-state index in [0.717, 1.165) is 12.8 Å². The molecule has 0 aromatic carbocycles. The van der Waals surface area contributed by atoms with Crippen molar-refractivity contribution in [1.29, 1.82) is 0 Å². The summed E-state index contributed by atoms with van der Waals surface area (Å²) in [6, 6.07) is 6.03. The Labute approximate surface area is 182 Å². The van der Waals surface area contributed by atoms with Crippen molar-refractivity contribution in [3.63, 3.8) is 0 Å². The molecule has 0 aliphatic heterocycles. The first-order chi connectivity index (χ1) is 14.0. The van der Waals surface area contributed by atoms with Gasteiger partial charge >= 0.3 is 0 Å². The minimum atomic E-state index is -1.45. The van der Waals surface area contributed by atoms with Crippen LogP contribution in [-0.4, -0.2) is 13.9 Å². The molecule has 0 radical (unpaired) electrons. The summed E-state index contributed by atoms with van der Waals surface area (Å²) in [5, 5.41) is 1.36. The highest BCUT2D eigenvalue weighted by Crippen LogP contribution is 2.25. The lowest BCUT2D eigenvalue weighted by atomic mass is 9.90. The van der Waals surface area contributed by atoms with Crippen LogP contribution < -0.4 is 5.38 Å². The predicted molar refractivity (Wildman–Crippen MR) is 130 cm³/mol. The van der Waals surface area contributed by atoms with Crippen molar-refractivity contribution in [2.45, 2.75) is 130 Å². The van der Waals surface area contributed by atoms with Crippen LogP contribution >= 0.6 is 0 Å². The fourth-order valence-electron chi connectivity index (χ4n) is 4.96. The summed E-state index contributed by atoms with van der Waals surface area (Å²) in [5.74, 6) is 0.931. The van der Waals surface area contributed by atoms with Gasteiger partial charge in [-0.05, 0) is 43.7 Å². The average molecular weight is 421 g/mol. The Morgan fingerprint density at radius 3 is 2.07 bits per heavy atom. The summed E-state index contributed by atoms with van der Waals surface area (Å²) >= 11 is 0. The van der Waals surface area contributed by atoms with E-state index in [2.05, 4.69) is 33.8 Å². The minimum Gasteiger partial charge on any atom is -0.474 e. The molecule has 1 heterocycles. The van der Waals surface area contributed by atoms with Gasteiger partial charge in [-0.25, -0.2) is 0 Å². The molecule has 1 aromatic rings. The first-order valence-electron chi connectivity index (χ1n) is 12.6. The Balaban J connectivity index is 2.49. The fourth-order valence-corrected chi connectivity index (χ4v) is 8.63. The second-order valence-electron chi connectivity index (χ2n) is 9.19. The highest BCUT2D eigenvalue weighted by atomic mass is 28.3. The summed E-state index contributed by atoms with van der Waals surface area (Å²) in [4.78, 5) is 11.7. The summed E-state index contributed by atoms with van der Waals surface area (Å²) < 4.78 is 6.05. The maximum absolute atomic E-state index is 11.7. The number of aryl methyl sites for hydroxylation is 1. The van der Waals surface area contributed by atoms with Crippen LogP contribution in [0.15, 0.2) is 16.7 Å². The lowest BCUT2D eigenvalue weighted by molar-refractivity contribution is -0.118. The van der Waals surface area contributed by atoms with Crippen LogP contribution in [0, 0.1) is 5.92 Å². The lowest BCUT2D eigenvalue weighted by Gasteiger charge is -2.26. The standard InChI is InChI=1S/C26H48O2Si/c1-6-10-11-12-13-14-15-17-24(22-23(5)27)18-16-19-25-20-21-28-26(25)29(7-2,8-3)9-4/h20-21,24H,6-19,22H2,1-5H3. The number of unbranched alkanes of at least 4 members (excludes halogenated alkanes) is 6. The molecule has 1 atom stereocenters. The zero-order chi connectivity index (χ0) is 21.5. The van der Waals surface area contributed by atoms with Gasteiger partial charge < -0.3 is 9.21 Å². The summed E-state index contributed by atoms with van der Waals surface area (Å²) in [7, 11) is -1.45. The van der Waals surface area contributed by atoms with E-state index in [-0.39, 0.29) is 0 Å². The van der Waals surface area contributed by atoms with Crippen molar-refractivity contribution < 1.29 is 9.21 Å². The van der Waals surface area contributed by atoms with Crippen LogP contribution in [0.2, 0.25) is 18.1 Å². The van der Waals surface area contributed by atoms with E-state index < -0.39 is 8.07 Å². The molecule has 1 aromatic heterocycles. The molecule has 29 heavy (non-hydrogen) atoms. The van der Waals surface area contributed by atoms with Gasteiger partial charge in [0.15, 0.2) is 0 Å². The number of ketones is 1. The van der Waals surface area contributed by atoms with Gasteiger partial charge in [0.1, 0.15) is 13.9 Å². The van der Waals surface area contributed by atoms with E-state index in [0.29, 0.717) is 11.7 Å². The molecule has 0 saturated carbocycles. The van der Waals surface area contributed by atoms with Gasteiger partial charge in [-0.1, -0.05) is 97.2 Å². The monoisotopic (exact) mass is 420 g/mol. The van der Waals surface area contributed by atoms with Crippen molar-refractivity contribution in [1.82, 2.24) is 0 Å². The summed E-state index contributed by atoms with van der Waals surface area (Å²) in [5.41, 5.74) is 1.46. The number of furan rings is 1. The van der Waals surface area contributed by atoms with Crippen LogP contribution in [0.4, 0.5) is 0 Å². The highest BCUT2D eigenvalue weighted by molar-refractivity contribution is 6.91. The molecule has 0 saturated heterocycles. The lowest BCUT2D eigenvalue weighted by Crippen LogP contribution is -2.46. The molecule has 3 heteroatoms. The van der Waals surface area contributed by atoms with Crippen LogP contribution in [0.1, 0.15) is 111 Å². The van der Waals surface area contributed by atoms with E-state index in [1.54, 1.807) is 6.92 Å². The Morgan fingerprint density at radius 2 is 1.48 bits per heavy atom. The SMILES string of the molecule is CCCCCCCCCC(CCCc1ccoc1[Si](CC)(CC)CC)CC(C)=O. The van der Waals surface area contributed by atoms with Crippen molar-refractivity contribution in [3.05, 3.63) is 17.9 Å². The molecular weight excluding hydrogens is 372 g/mol. The van der Waals surface area contributed by atoms with Gasteiger partial charge in [0.25, 0.3) is 0 Å². The second kappa shape index (κ2) is 15.0. The van der Waals surface area contributed by atoms with Crippen molar-refractivity contribution in [2.75, 3.05) is 0 Å². The molecule has 0 spiro atoms. The number of Topliss-reactive ketones (excluding diaryl/α,β-unsaturated/α-hetero) is 1. The van der Waals surface area contributed by atoms with E-state index in [4.69, 9.17) is 4.42 Å². The number of hydrogen-bond acceptors (Lipinski definition) is 2. The Kier molecular flexibility index (Phi) is 13.6. The van der Waals surface area contributed by atoms with Gasteiger partial charge in [-0.2, -0.15) is 0 Å². The largest absolute Gasteiger partial charge is 0.474 e. The van der Waals surface area contributed by atoms with Gasteiger partial charge in [0.2, 0.25) is 0 Å². The van der Waals surface area contributed by atoms with Crippen molar-refractivity contribution in [3.8, 4) is 0 Å². The zero-order valence-electron chi connectivity index (χ0n) is 20.2. The summed E-state index contributed by atoms with van der Waals surface area (Å²) in [6.07, 6.45) is 16.8. The topological polar surface area (TPSA) is 30.2 Å². The van der Waals surface area contributed by atoms with Crippen LogP contribution in [0.25, 0.3) is 0 Å². The minimum absolute atomic E-state index is 0.358. The molecule has 168 valence electrons. The quantitative estimate of drug-likeness (QED) is 0.177. The van der Waals surface area contributed by atoms with Gasteiger partial charge in [-0.3, -0.25) is 0 Å². The molecule has 0 bridgehead atoms. The summed E-state index contributed by atoms with van der Waals surface area (Å²) in [6.45, 7) is 11.1. The predicted octanol–water partition coefficient (Wildman–Crippen LogP) is 8.05. The van der Waals surface area contributed by atoms with E-state index in [1.165, 1.54) is 93.3 Å². The third-order valence-electron chi connectivity index (χ3n) is 7.11. The van der Waals surface area contributed by atoms with Gasteiger partial charge in [0.05, 0.1) is 11.6 Å². The van der Waals surface area contributed by atoms with Gasteiger partial charge in [0, 0.05) is 6.42 Å². The third kappa shape index (κ3) is 9.23. The maximum atomic E-state index is 11.7. The highest BCUT2D eigenvalue weighted by Gasteiger charge is 2.34. The first-order valence-corrected chi connectivity index (χ1v) is 15.2. The normalized spacial score (nSPS) is 13.0. The third-order valence-corrected chi connectivity index (χ3v) is 12.6. The Hall–Kier alpha value is -0.833. The molecule has 1 unspecified atom stereocenters. The van der Waals surface area contributed by atoms with Crippen LogP contribution in [0.5, 0.6) is 0 Å². The molecular formula is C26H48O2Si. The van der Waals surface area contributed by atoms with E-state index >= 15 is 0 Å². The Morgan fingerprint density at radius 1 is 0.897 bits per heavy atom. The van der Waals surface area contributed by atoms with Crippen LogP contribution in [-0.2, 0) is 11.2 Å². The molecule has 0 aliphatic carbocycles. The molecule has 1 rings (SSSR count). The molecule has 0 fully saturated rings. The average Bonchev–Trinajstić information content (AvgIpc) is 3.17. The van der Waals surface area contributed by atoms with Crippen molar-refractivity contribution in [2.24, 2.45) is 5.92 Å². The molecule has 0 N–H and O–H groups in total. The fraction of sp³-hybridized carbons (Fsp3) is 0.808. The van der Waals surface area contributed by atoms with E-state index in [9.17, 15) is 4.79 Å². The van der Waals surface area contributed by atoms with Crippen molar-refractivity contribution >= 4 is 19.2 Å². The smallest absolute Gasteiger partial charge is 0.131 e. The molecule has 0 amide bonds. The molecule has 2 nitrogen and oxygen atoms in total.